The predicted molar refractivity (Wildman–Crippen MR) is 270 cm³/mol. The van der Waals surface area contributed by atoms with Crippen LogP contribution >= 0.6 is 11.3 Å². The van der Waals surface area contributed by atoms with Gasteiger partial charge in [-0.3, -0.25) is 0 Å². The number of fused-ring (bicyclic) bond motifs is 6. The van der Waals surface area contributed by atoms with E-state index in [1.54, 1.807) is 0 Å². The topological polar surface area (TPSA) is 8.17 Å². The lowest BCUT2D eigenvalue weighted by atomic mass is 10.0. The minimum atomic E-state index is 1.10. The van der Waals surface area contributed by atoms with Crippen LogP contribution in [-0.2, 0) is 0 Å². The van der Waals surface area contributed by atoms with Crippen LogP contribution in [0.15, 0.2) is 243 Å². The lowest BCUT2D eigenvalue weighted by Gasteiger charge is -2.26. The third kappa shape index (κ3) is 6.67. The van der Waals surface area contributed by atoms with Gasteiger partial charge in [-0.05, 0) is 129 Å². The number of nitrogens with zero attached hydrogens (tertiary/aromatic N) is 2. The molecule has 296 valence electrons. The molecule has 2 aromatic heterocycles. The first-order valence-electron chi connectivity index (χ1n) is 21.5. The Hall–Kier alpha value is -7.98. The molecule has 10 aromatic carbocycles. The largest absolute Gasteiger partial charge is 0.311 e. The van der Waals surface area contributed by atoms with Crippen molar-refractivity contribution >= 4 is 70.4 Å². The number of rotatable bonds is 8. The second-order valence-corrected chi connectivity index (χ2v) is 17.2. The predicted octanol–water partition coefficient (Wildman–Crippen LogP) is 17.3. The standard InChI is InChI=1S/C60H40N2S/c1-3-11-41(12-4-1)43-19-29-49(30-20-43)61(50-31-21-44(22-32-50)42-13-5-2-6-14-42)51-33-23-45(24-34-51)47-27-37-58-55(39-47)53-15-7-9-17-57(53)62(58)52-35-25-46(26-36-52)48-28-38-60-56(40-48)54-16-8-10-18-59(54)63-60/h1-40H. The lowest BCUT2D eigenvalue weighted by molar-refractivity contribution is 1.18. The molecule has 0 fully saturated rings. The third-order valence-electron chi connectivity index (χ3n) is 12.4. The Morgan fingerprint density at radius 1 is 0.270 bits per heavy atom. The van der Waals surface area contributed by atoms with Crippen molar-refractivity contribution in [2.24, 2.45) is 0 Å². The first-order chi connectivity index (χ1) is 31.2. The van der Waals surface area contributed by atoms with Crippen LogP contribution in [0.3, 0.4) is 0 Å². The Morgan fingerprint density at radius 2 is 0.667 bits per heavy atom. The van der Waals surface area contributed by atoms with Crippen LogP contribution in [0.4, 0.5) is 17.1 Å². The van der Waals surface area contributed by atoms with Crippen LogP contribution in [0, 0.1) is 0 Å². The van der Waals surface area contributed by atoms with Crippen molar-refractivity contribution in [2.45, 2.75) is 0 Å². The smallest absolute Gasteiger partial charge is 0.0541 e. The van der Waals surface area contributed by atoms with E-state index in [4.69, 9.17) is 0 Å². The zero-order chi connectivity index (χ0) is 41.7. The molecule has 0 unspecified atom stereocenters. The van der Waals surface area contributed by atoms with Crippen molar-refractivity contribution in [3.05, 3.63) is 243 Å². The normalized spacial score (nSPS) is 11.5. The van der Waals surface area contributed by atoms with Gasteiger partial charge < -0.3 is 9.47 Å². The molecule has 0 saturated heterocycles. The molecule has 0 amide bonds. The summed E-state index contributed by atoms with van der Waals surface area (Å²) in [5, 5.41) is 5.14. The summed E-state index contributed by atoms with van der Waals surface area (Å²) in [6.07, 6.45) is 0. The molecule has 0 saturated carbocycles. The van der Waals surface area contributed by atoms with Gasteiger partial charge in [0.05, 0.1) is 11.0 Å². The van der Waals surface area contributed by atoms with Gasteiger partial charge in [0.15, 0.2) is 0 Å². The molecule has 0 aliphatic carbocycles. The number of aromatic nitrogens is 1. The third-order valence-corrected chi connectivity index (χ3v) is 13.6. The number of anilines is 3. The molecule has 0 N–H and O–H groups in total. The molecule has 63 heavy (non-hydrogen) atoms. The molecule has 0 radical (unpaired) electrons. The molecule has 0 spiro atoms. The van der Waals surface area contributed by atoms with Gasteiger partial charge in [-0.1, -0.05) is 158 Å². The van der Waals surface area contributed by atoms with E-state index in [0.717, 1.165) is 22.7 Å². The Labute approximate surface area is 370 Å². The van der Waals surface area contributed by atoms with Crippen LogP contribution in [-0.4, -0.2) is 4.57 Å². The summed E-state index contributed by atoms with van der Waals surface area (Å²) in [6.45, 7) is 0. The van der Waals surface area contributed by atoms with E-state index in [9.17, 15) is 0 Å². The van der Waals surface area contributed by atoms with Crippen molar-refractivity contribution in [2.75, 3.05) is 4.90 Å². The lowest BCUT2D eigenvalue weighted by Crippen LogP contribution is -2.09. The Bertz CT molecular complexity index is 3480. The van der Waals surface area contributed by atoms with E-state index >= 15 is 0 Å². The quantitative estimate of drug-likeness (QED) is 0.148. The summed E-state index contributed by atoms with van der Waals surface area (Å²) >= 11 is 1.86. The van der Waals surface area contributed by atoms with E-state index in [2.05, 4.69) is 252 Å². The van der Waals surface area contributed by atoms with Crippen LogP contribution in [0.25, 0.3) is 92.2 Å². The summed E-state index contributed by atoms with van der Waals surface area (Å²) in [5.74, 6) is 0. The summed E-state index contributed by atoms with van der Waals surface area (Å²) in [6, 6.07) is 88.3. The fraction of sp³-hybridized carbons (Fsp3) is 0. The van der Waals surface area contributed by atoms with Crippen molar-refractivity contribution in [1.82, 2.24) is 4.57 Å². The first-order valence-corrected chi connectivity index (χ1v) is 22.3. The minimum absolute atomic E-state index is 1.10. The van der Waals surface area contributed by atoms with Gasteiger partial charge in [0, 0.05) is 53.7 Å². The zero-order valence-electron chi connectivity index (χ0n) is 34.4. The number of hydrogen-bond donors (Lipinski definition) is 0. The molecule has 0 aliphatic rings. The van der Waals surface area contributed by atoms with Gasteiger partial charge in [-0.15, -0.1) is 11.3 Å². The van der Waals surface area contributed by atoms with Crippen LogP contribution in [0.5, 0.6) is 0 Å². The van der Waals surface area contributed by atoms with E-state index in [1.807, 2.05) is 11.3 Å². The van der Waals surface area contributed by atoms with Gasteiger partial charge in [0.2, 0.25) is 0 Å². The second-order valence-electron chi connectivity index (χ2n) is 16.1. The maximum absolute atomic E-state index is 2.40. The molecule has 0 bridgehead atoms. The molecule has 12 rings (SSSR count). The highest BCUT2D eigenvalue weighted by molar-refractivity contribution is 7.25. The molecule has 0 aliphatic heterocycles. The van der Waals surface area contributed by atoms with Crippen molar-refractivity contribution in [3.63, 3.8) is 0 Å². The second kappa shape index (κ2) is 15.5. The SMILES string of the molecule is c1ccc(-c2ccc(N(c3ccc(-c4ccccc4)cc3)c3ccc(-c4ccc5c(c4)c4ccccc4n5-c4ccc(-c5ccc6sc7ccccc7c6c5)cc4)cc3)cc2)cc1. The molecule has 3 heteroatoms. The molecular formula is C60H40N2S. The summed E-state index contributed by atoms with van der Waals surface area (Å²) in [7, 11) is 0. The van der Waals surface area contributed by atoms with E-state index in [1.165, 1.54) is 86.5 Å². The fourth-order valence-electron chi connectivity index (χ4n) is 9.26. The van der Waals surface area contributed by atoms with Gasteiger partial charge >= 0.3 is 0 Å². The summed E-state index contributed by atoms with van der Waals surface area (Å²) in [4.78, 5) is 2.35. The first kappa shape index (κ1) is 36.8. The molecular weight excluding hydrogens is 781 g/mol. The average molecular weight is 821 g/mol. The maximum Gasteiger partial charge on any atom is 0.0541 e. The maximum atomic E-state index is 2.40. The number of thiophene rings is 1. The summed E-state index contributed by atoms with van der Waals surface area (Å²) < 4.78 is 5.07. The summed E-state index contributed by atoms with van der Waals surface area (Å²) in [5.41, 5.74) is 16.5. The van der Waals surface area contributed by atoms with Gasteiger partial charge in [-0.25, -0.2) is 0 Å². The van der Waals surface area contributed by atoms with Gasteiger partial charge in [0.25, 0.3) is 0 Å². The van der Waals surface area contributed by atoms with Crippen molar-refractivity contribution in [3.8, 4) is 50.2 Å². The molecule has 0 atom stereocenters. The van der Waals surface area contributed by atoms with Crippen LogP contribution < -0.4 is 4.90 Å². The Balaban J connectivity index is 0.882. The molecule has 12 aromatic rings. The van der Waals surface area contributed by atoms with Gasteiger partial charge in [-0.2, -0.15) is 0 Å². The zero-order valence-corrected chi connectivity index (χ0v) is 35.2. The minimum Gasteiger partial charge on any atom is -0.311 e. The number of para-hydroxylation sites is 1. The number of benzene rings is 10. The Morgan fingerprint density at radius 3 is 1.25 bits per heavy atom. The Kier molecular flexibility index (Phi) is 9.06. The van der Waals surface area contributed by atoms with E-state index in [0.29, 0.717) is 0 Å². The highest BCUT2D eigenvalue weighted by Gasteiger charge is 2.17. The van der Waals surface area contributed by atoms with Crippen LogP contribution in [0.1, 0.15) is 0 Å². The van der Waals surface area contributed by atoms with Crippen molar-refractivity contribution in [1.29, 1.82) is 0 Å². The monoisotopic (exact) mass is 820 g/mol. The molecule has 2 nitrogen and oxygen atoms in total. The highest BCUT2D eigenvalue weighted by Crippen LogP contribution is 2.41. The number of hydrogen-bond acceptors (Lipinski definition) is 2. The van der Waals surface area contributed by atoms with Crippen LogP contribution in [0.2, 0.25) is 0 Å². The van der Waals surface area contributed by atoms with Crippen molar-refractivity contribution < 1.29 is 0 Å². The molecule has 2 heterocycles. The highest BCUT2D eigenvalue weighted by atomic mass is 32.1. The fourth-order valence-corrected chi connectivity index (χ4v) is 10.3. The average Bonchev–Trinajstić information content (AvgIpc) is 3.90. The van der Waals surface area contributed by atoms with E-state index in [-0.39, 0.29) is 0 Å². The van der Waals surface area contributed by atoms with Gasteiger partial charge in [0.1, 0.15) is 0 Å². The van der Waals surface area contributed by atoms with E-state index < -0.39 is 0 Å².